The van der Waals surface area contributed by atoms with Gasteiger partial charge in [-0.05, 0) is 57.9 Å². The van der Waals surface area contributed by atoms with Crippen LogP contribution in [-0.2, 0) is 4.79 Å². The molecule has 1 amide bonds. The molecule has 10 heteroatoms. The van der Waals surface area contributed by atoms with E-state index in [-0.39, 0.29) is 17.3 Å². The number of amides is 1. The van der Waals surface area contributed by atoms with Crippen molar-refractivity contribution in [1.82, 2.24) is 24.4 Å². The summed E-state index contributed by atoms with van der Waals surface area (Å²) >= 11 is 1.56. The summed E-state index contributed by atoms with van der Waals surface area (Å²) in [5.74, 6) is 0.799. The number of imidazole rings is 1. The summed E-state index contributed by atoms with van der Waals surface area (Å²) in [6.45, 7) is 11.9. The van der Waals surface area contributed by atoms with Crippen molar-refractivity contribution in [3.63, 3.8) is 0 Å². The number of piperazine rings is 1. The van der Waals surface area contributed by atoms with E-state index in [2.05, 4.69) is 35.9 Å². The lowest BCUT2D eigenvalue weighted by atomic mass is 10.1. The number of likely N-dealkylation sites (tertiary alicyclic amines) is 1. The van der Waals surface area contributed by atoms with Crippen molar-refractivity contribution in [3.05, 3.63) is 30.1 Å². The highest BCUT2D eigenvalue weighted by molar-refractivity contribution is 7.20. The number of halogens is 1. The number of benzene rings is 1. The normalized spacial score (nSPS) is 17.6. The first kappa shape index (κ1) is 23.0. The zero-order chi connectivity index (χ0) is 23.9. The molecule has 1 aromatic carbocycles. The molecule has 2 aromatic heterocycles. The summed E-state index contributed by atoms with van der Waals surface area (Å²) in [6, 6.07) is 6.41. The van der Waals surface area contributed by atoms with Crippen molar-refractivity contribution in [2.45, 2.75) is 39.2 Å². The molecule has 2 aliphatic heterocycles. The maximum atomic E-state index is 13.5. The molecule has 0 unspecified atom stereocenters. The standard InChI is InChI=1S/C24H32FN7OS/c1-24(2,3)27-21-20(17-6-8-18(25)9-7-17)26-22-32(21)28-23(34-22)31-14-12-29(13-15-31)16-19(33)30-10-4-5-11-30/h6-9,27H,4-5,10-16H2,1-3H3. The third-order valence-electron chi connectivity index (χ3n) is 6.26. The first-order valence-corrected chi connectivity index (χ1v) is 12.8. The van der Waals surface area contributed by atoms with E-state index < -0.39 is 0 Å². The first-order valence-electron chi connectivity index (χ1n) is 12.0. The molecule has 5 rings (SSSR count). The monoisotopic (exact) mass is 485 g/mol. The van der Waals surface area contributed by atoms with E-state index in [1.54, 1.807) is 23.5 Å². The number of hydrogen-bond acceptors (Lipinski definition) is 7. The Kier molecular flexibility index (Phi) is 6.20. The molecule has 0 aliphatic carbocycles. The Morgan fingerprint density at radius 3 is 2.38 bits per heavy atom. The fraction of sp³-hybridized carbons (Fsp3) is 0.542. The van der Waals surface area contributed by atoms with Gasteiger partial charge in [0.25, 0.3) is 0 Å². The fourth-order valence-electron chi connectivity index (χ4n) is 4.50. The van der Waals surface area contributed by atoms with Crippen molar-refractivity contribution in [2.75, 3.05) is 56.0 Å². The molecular formula is C24H32FN7OS. The van der Waals surface area contributed by atoms with Gasteiger partial charge in [0.2, 0.25) is 16.0 Å². The third-order valence-corrected chi connectivity index (χ3v) is 7.23. The van der Waals surface area contributed by atoms with Crippen LogP contribution in [0.15, 0.2) is 24.3 Å². The van der Waals surface area contributed by atoms with Crippen LogP contribution in [0.25, 0.3) is 16.2 Å². The minimum absolute atomic E-state index is 0.192. The minimum Gasteiger partial charge on any atom is -0.364 e. The molecule has 182 valence electrons. The molecular weight excluding hydrogens is 453 g/mol. The Morgan fingerprint density at radius 2 is 1.74 bits per heavy atom. The van der Waals surface area contributed by atoms with Gasteiger partial charge < -0.3 is 15.1 Å². The molecule has 8 nitrogen and oxygen atoms in total. The Bertz CT molecular complexity index is 1150. The number of anilines is 2. The molecule has 0 bridgehead atoms. The molecule has 2 saturated heterocycles. The Balaban J connectivity index is 1.33. The van der Waals surface area contributed by atoms with E-state index >= 15 is 0 Å². The van der Waals surface area contributed by atoms with Gasteiger partial charge in [-0.1, -0.05) is 11.3 Å². The number of fused-ring (bicyclic) bond motifs is 1. The van der Waals surface area contributed by atoms with E-state index in [1.165, 1.54) is 12.1 Å². The number of hydrogen-bond donors (Lipinski definition) is 1. The molecule has 0 radical (unpaired) electrons. The smallest absolute Gasteiger partial charge is 0.236 e. The van der Waals surface area contributed by atoms with Crippen molar-refractivity contribution >= 4 is 33.2 Å². The van der Waals surface area contributed by atoms with Gasteiger partial charge in [-0.25, -0.2) is 9.37 Å². The van der Waals surface area contributed by atoms with Crippen LogP contribution in [0.3, 0.4) is 0 Å². The van der Waals surface area contributed by atoms with Crippen LogP contribution in [0.5, 0.6) is 0 Å². The fourth-order valence-corrected chi connectivity index (χ4v) is 5.45. The van der Waals surface area contributed by atoms with Gasteiger partial charge in [-0.3, -0.25) is 9.69 Å². The van der Waals surface area contributed by atoms with Crippen LogP contribution in [-0.4, -0.2) is 81.7 Å². The van der Waals surface area contributed by atoms with Crippen molar-refractivity contribution < 1.29 is 9.18 Å². The van der Waals surface area contributed by atoms with Crippen LogP contribution in [0, 0.1) is 5.82 Å². The molecule has 0 atom stereocenters. The number of rotatable bonds is 5. The molecule has 2 fully saturated rings. The highest BCUT2D eigenvalue weighted by atomic mass is 32.1. The van der Waals surface area contributed by atoms with Gasteiger partial charge in [-0.15, -0.1) is 5.10 Å². The van der Waals surface area contributed by atoms with Crippen LogP contribution >= 0.6 is 11.3 Å². The lowest BCUT2D eigenvalue weighted by Crippen LogP contribution is -2.49. The Hall–Kier alpha value is -2.72. The maximum Gasteiger partial charge on any atom is 0.236 e. The number of carbonyl (C=O) groups is 1. The maximum absolute atomic E-state index is 13.5. The van der Waals surface area contributed by atoms with E-state index in [0.717, 1.165) is 79.3 Å². The zero-order valence-corrected chi connectivity index (χ0v) is 20.9. The predicted molar refractivity (Wildman–Crippen MR) is 134 cm³/mol. The molecule has 3 aromatic rings. The highest BCUT2D eigenvalue weighted by Crippen LogP contribution is 2.35. The molecule has 4 heterocycles. The number of carbonyl (C=O) groups excluding carboxylic acids is 1. The Morgan fingerprint density at radius 1 is 1.06 bits per heavy atom. The summed E-state index contributed by atoms with van der Waals surface area (Å²) in [7, 11) is 0. The summed E-state index contributed by atoms with van der Waals surface area (Å²) in [5, 5.41) is 9.37. The van der Waals surface area contributed by atoms with Gasteiger partial charge in [0.05, 0.1) is 6.54 Å². The lowest BCUT2D eigenvalue weighted by molar-refractivity contribution is -0.131. The average molecular weight is 486 g/mol. The number of aromatic nitrogens is 3. The largest absolute Gasteiger partial charge is 0.364 e. The number of nitrogens with zero attached hydrogens (tertiary/aromatic N) is 6. The van der Waals surface area contributed by atoms with E-state index in [9.17, 15) is 9.18 Å². The predicted octanol–water partition coefficient (Wildman–Crippen LogP) is 3.55. The van der Waals surface area contributed by atoms with Crippen molar-refractivity contribution in [1.29, 1.82) is 0 Å². The molecule has 0 spiro atoms. The van der Waals surface area contributed by atoms with Gasteiger partial charge >= 0.3 is 0 Å². The SMILES string of the molecule is CC(C)(C)Nc1c(-c2ccc(F)cc2)nc2sc(N3CCN(CC(=O)N4CCCC4)CC3)nn12. The zero-order valence-electron chi connectivity index (χ0n) is 20.1. The molecule has 1 N–H and O–H groups in total. The average Bonchev–Trinajstić information content (AvgIpc) is 3.52. The molecule has 34 heavy (non-hydrogen) atoms. The van der Waals surface area contributed by atoms with E-state index in [1.807, 2.05) is 9.42 Å². The summed E-state index contributed by atoms with van der Waals surface area (Å²) < 4.78 is 15.3. The summed E-state index contributed by atoms with van der Waals surface area (Å²) in [6.07, 6.45) is 2.25. The van der Waals surface area contributed by atoms with Gasteiger partial charge in [0.1, 0.15) is 11.5 Å². The van der Waals surface area contributed by atoms with Crippen LogP contribution in [0.4, 0.5) is 15.3 Å². The van der Waals surface area contributed by atoms with Crippen LogP contribution in [0.1, 0.15) is 33.6 Å². The summed E-state index contributed by atoms with van der Waals surface area (Å²) in [4.78, 5) is 24.7. The highest BCUT2D eigenvalue weighted by Gasteiger charge is 2.27. The molecule has 0 saturated carbocycles. The summed E-state index contributed by atoms with van der Waals surface area (Å²) in [5.41, 5.74) is 1.43. The second-order valence-corrected chi connectivity index (χ2v) is 11.1. The quantitative estimate of drug-likeness (QED) is 0.596. The first-order chi connectivity index (χ1) is 16.3. The van der Waals surface area contributed by atoms with E-state index in [0.29, 0.717) is 6.54 Å². The van der Waals surface area contributed by atoms with Gasteiger partial charge in [0, 0.05) is 50.4 Å². The second kappa shape index (κ2) is 9.14. The topological polar surface area (TPSA) is 69.0 Å². The lowest BCUT2D eigenvalue weighted by Gasteiger charge is -2.34. The van der Waals surface area contributed by atoms with Crippen molar-refractivity contribution in [2.24, 2.45) is 0 Å². The third kappa shape index (κ3) is 4.88. The minimum atomic E-state index is -0.267. The van der Waals surface area contributed by atoms with Gasteiger partial charge in [-0.2, -0.15) is 4.52 Å². The van der Waals surface area contributed by atoms with E-state index in [4.69, 9.17) is 10.1 Å². The van der Waals surface area contributed by atoms with Crippen LogP contribution in [0.2, 0.25) is 0 Å². The number of nitrogens with one attached hydrogen (secondary N) is 1. The van der Waals surface area contributed by atoms with Crippen LogP contribution < -0.4 is 10.2 Å². The molecule has 2 aliphatic rings. The van der Waals surface area contributed by atoms with Crippen molar-refractivity contribution in [3.8, 4) is 11.3 Å². The van der Waals surface area contributed by atoms with Gasteiger partial charge in [0.15, 0.2) is 5.82 Å². The Labute approximate surface area is 203 Å². The second-order valence-electron chi connectivity index (χ2n) is 10.1.